The molecular weight excluding hydrogens is 294 g/mol. The van der Waals surface area contributed by atoms with Crippen LogP contribution >= 0.6 is 22.9 Å². The van der Waals surface area contributed by atoms with E-state index in [4.69, 9.17) is 11.6 Å². The minimum Gasteiger partial charge on any atom is -0.377 e. The zero-order chi connectivity index (χ0) is 14.1. The molecule has 3 heterocycles. The van der Waals surface area contributed by atoms with E-state index in [1.165, 1.54) is 11.3 Å². The minimum absolute atomic E-state index is 0.302. The fourth-order valence-electron chi connectivity index (χ4n) is 1.96. The van der Waals surface area contributed by atoms with E-state index >= 15 is 0 Å². The lowest BCUT2D eigenvalue weighted by Crippen LogP contribution is -2.04. The highest BCUT2D eigenvalue weighted by molar-refractivity contribution is 7.15. The van der Waals surface area contributed by atoms with Gasteiger partial charge in [0.25, 0.3) is 0 Å². The van der Waals surface area contributed by atoms with Gasteiger partial charge in [-0.05, 0) is 19.9 Å². The van der Waals surface area contributed by atoms with Gasteiger partial charge in [0.1, 0.15) is 9.34 Å². The van der Waals surface area contributed by atoms with E-state index in [9.17, 15) is 0 Å². The number of nitrogens with one attached hydrogen (secondary N) is 1. The van der Waals surface area contributed by atoms with Crippen LogP contribution in [0.1, 0.15) is 24.9 Å². The van der Waals surface area contributed by atoms with Crippen molar-refractivity contribution in [2.45, 2.75) is 26.4 Å². The topological polar surface area (TPSA) is 55.6 Å². The highest BCUT2D eigenvalue weighted by Crippen LogP contribution is 2.21. The molecule has 0 radical (unpaired) electrons. The first kappa shape index (κ1) is 13.3. The number of nitrogens with zero attached hydrogens (tertiary/aromatic N) is 4. The molecule has 3 aromatic heterocycles. The first-order valence-electron chi connectivity index (χ1n) is 6.31. The normalized spacial score (nSPS) is 11.4. The van der Waals surface area contributed by atoms with Gasteiger partial charge in [-0.15, -0.1) is 11.3 Å². The van der Waals surface area contributed by atoms with E-state index < -0.39 is 0 Å². The molecule has 1 N–H and O–H groups in total. The first-order valence-corrected chi connectivity index (χ1v) is 7.50. The fourth-order valence-corrected chi connectivity index (χ4v) is 2.86. The lowest BCUT2D eigenvalue weighted by atomic mass is 10.3. The molecule has 0 saturated heterocycles. The Kier molecular flexibility index (Phi) is 3.58. The van der Waals surface area contributed by atoms with Crippen LogP contribution in [0.3, 0.4) is 0 Å². The second-order valence-corrected chi connectivity index (χ2v) is 6.48. The second-order valence-electron chi connectivity index (χ2n) is 4.73. The van der Waals surface area contributed by atoms with E-state index in [2.05, 4.69) is 34.2 Å². The average Bonchev–Trinajstić information content (AvgIpc) is 3.01. The van der Waals surface area contributed by atoms with Crippen LogP contribution in [0.4, 0.5) is 5.69 Å². The molecular formula is C13H14ClN5S. The first-order chi connectivity index (χ1) is 9.63. The van der Waals surface area contributed by atoms with Crippen LogP contribution in [0.25, 0.3) is 11.0 Å². The van der Waals surface area contributed by atoms with Gasteiger partial charge in [-0.1, -0.05) is 11.6 Å². The van der Waals surface area contributed by atoms with E-state index in [-0.39, 0.29) is 0 Å². The smallest absolute Gasteiger partial charge is 0.158 e. The van der Waals surface area contributed by atoms with Gasteiger partial charge in [-0.2, -0.15) is 5.10 Å². The summed E-state index contributed by atoms with van der Waals surface area (Å²) in [7, 11) is 0. The third kappa shape index (κ3) is 2.62. The summed E-state index contributed by atoms with van der Waals surface area (Å²) in [6, 6.07) is 2.35. The largest absolute Gasteiger partial charge is 0.377 e. The third-order valence-corrected chi connectivity index (χ3v) is 4.01. The van der Waals surface area contributed by atoms with Gasteiger partial charge in [0.2, 0.25) is 0 Å². The zero-order valence-corrected chi connectivity index (χ0v) is 12.7. The molecule has 0 atom stereocenters. The lowest BCUT2D eigenvalue weighted by molar-refractivity contribution is 0.546. The average molecular weight is 308 g/mol. The number of rotatable bonds is 4. The van der Waals surface area contributed by atoms with Crippen LogP contribution in [0.5, 0.6) is 0 Å². The maximum absolute atomic E-state index is 5.86. The minimum atomic E-state index is 0.302. The van der Waals surface area contributed by atoms with Crippen molar-refractivity contribution in [3.8, 4) is 0 Å². The van der Waals surface area contributed by atoms with Gasteiger partial charge < -0.3 is 5.32 Å². The van der Waals surface area contributed by atoms with E-state index in [0.29, 0.717) is 16.9 Å². The molecule has 0 spiro atoms. The van der Waals surface area contributed by atoms with Gasteiger partial charge in [-0.3, -0.25) is 0 Å². The molecule has 20 heavy (non-hydrogen) atoms. The van der Waals surface area contributed by atoms with Crippen LogP contribution in [-0.2, 0) is 6.54 Å². The van der Waals surface area contributed by atoms with Crippen LogP contribution in [-0.4, -0.2) is 19.7 Å². The number of thiazole rings is 1. The molecule has 5 nitrogen and oxygen atoms in total. The summed E-state index contributed by atoms with van der Waals surface area (Å²) < 4.78 is 2.62. The summed E-state index contributed by atoms with van der Waals surface area (Å²) in [5, 5.41) is 9.63. The Hall–Kier alpha value is -1.66. The highest BCUT2D eigenvalue weighted by Gasteiger charge is 2.08. The molecule has 7 heteroatoms. The number of anilines is 1. The van der Waals surface area contributed by atoms with Crippen molar-refractivity contribution in [1.29, 1.82) is 0 Å². The van der Waals surface area contributed by atoms with Gasteiger partial charge in [0, 0.05) is 11.4 Å². The Labute approximate surface area is 125 Å². The summed E-state index contributed by atoms with van der Waals surface area (Å²) in [6.45, 7) is 4.82. The standard InChI is InChI=1S/C13H14ClN5S/c1-8(2)19-13-9(4-18-19)3-10(5-17-13)15-7-12-16-6-11(14)20-12/h3-6,8,15H,7H2,1-2H3. The maximum atomic E-state index is 5.86. The molecule has 0 amide bonds. The number of fused-ring (bicyclic) bond motifs is 1. The van der Waals surface area contributed by atoms with Crippen molar-refractivity contribution in [2.75, 3.05) is 5.32 Å². The molecule has 0 aromatic carbocycles. The molecule has 0 bridgehead atoms. The number of hydrogen-bond donors (Lipinski definition) is 1. The van der Waals surface area contributed by atoms with E-state index in [1.807, 2.05) is 23.1 Å². The molecule has 0 aliphatic rings. The summed E-state index contributed by atoms with van der Waals surface area (Å²) in [4.78, 5) is 8.68. The van der Waals surface area contributed by atoms with Crippen LogP contribution in [0.15, 0.2) is 24.7 Å². The Morgan fingerprint density at radius 2 is 2.15 bits per heavy atom. The molecule has 3 aromatic rings. The Morgan fingerprint density at radius 3 is 2.85 bits per heavy atom. The van der Waals surface area contributed by atoms with E-state index in [1.54, 1.807) is 6.20 Å². The fraction of sp³-hybridized carbons (Fsp3) is 0.308. The monoisotopic (exact) mass is 307 g/mol. The molecule has 0 aliphatic carbocycles. The zero-order valence-electron chi connectivity index (χ0n) is 11.2. The predicted molar refractivity (Wildman–Crippen MR) is 82.4 cm³/mol. The van der Waals surface area contributed by atoms with Crippen molar-refractivity contribution in [3.63, 3.8) is 0 Å². The predicted octanol–water partition coefficient (Wildman–Crippen LogP) is 3.73. The van der Waals surface area contributed by atoms with Crippen molar-refractivity contribution >= 4 is 39.7 Å². The van der Waals surface area contributed by atoms with Crippen LogP contribution in [0, 0.1) is 0 Å². The molecule has 0 saturated carbocycles. The Bertz CT molecular complexity index is 733. The summed E-state index contributed by atoms with van der Waals surface area (Å²) in [6.07, 6.45) is 5.32. The lowest BCUT2D eigenvalue weighted by Gasteiger charge is -2.07. The van der Waals surface area contributed by atoms with Crippen molar-refractivity contribution in [1.82, 2.24) is 19.7 Å². The number of hydrogen-bond acceptors (Lipinski definition) is 5. The molecule has 0 aliphatic heterocycles. The Balaban J connectivity index is 1.79. The van der Waals surface area contributed by atoms with Crippen LogP contribution < -0.4 is 5.32 Å². The molecule has 0 unspecified atom stereocenters. The number of pyridine rings is 1. The van der Waals surface area contributed by atoms with Gasteiger partial charge in [0.15, 0.2) is 5.65 Å². The molecule has 104 valence electrons. The third-order valence-electron chi connectivity index (χ3n) is 2.89. The van der Waals surface area contributed by atoms with Gasteiger partial charge >= 0.3 is 0 Å². The second kappa shape index (κ2) is 5.38. The van der Waals surface area contributed by atoms with Crippen LogP contribution in [0.2, 0.25) is 4.34 Å². The number of halogens is 1. The van der Waals surface area contributed by atoms with Crippen molar-refractivity contribution < 1.29 is 0 Å². The van der Waals surface area contributed by atoms with Crippen molar-refractivity contribution in [2.24, 2.45) is 0 Å². The van der Waals surface area contributed by atoms with Gasteiger partial charge in [0.05, 0.1) is 30.8 Å². The molecule has 3 rings (SSSR count). The Morgan fingerprint density at radius 1 is 1.30 bits per heavy atom. The SMILES string of the molecule is CC(C)n1ncc2cc(NCc3ncc(Cl)s3)cnc21. The summed E-state index contributed by atoms with van der Waals surface area (Å²) >= 11 is 7.33. The maximum Gasteiger partial charge on any atom is 0.158 e. The van der Waals surface area contributed by atoms with E-state index in [0.717, 1.165) is 21.7 Å². The number of aromatic nitrogens is 4. The summed E-state index contributed by atoms with van der Waals surface area (Å²) in [5.74, 6) is 0. The summed E-state index contributed by atoms with van der Waals surface area (Å²) in [5.41, 5.74) is 1.86. The van der Waals surface area contributed by atoms with Crippen molar-refractivity contribution in [3.05, 3.63) is 34.0 Å². The highest BCUT2D eigenvalue weighted by atomic mass is 35.5. The van der Waals surface area contributed by atoms with Gasteiger partial charge in [-0.25, -0.2) is 14.6 Å². The quantitative estimate of drug-likeness (QED) is 0.798. The molecule has 0 fully saturated rings.